The van der Waals surface area contributed by atoms with E-state index in [9.17, 15) is 4.79 Å². The van der Waals surface area contributed by atoms with Gasteiger partial charge < -0.3 is 34.6 Å². The fourth-order valence-electron chi connectivity index (χ4n) is 4.27. The van der Waals surface area contributed by atoms with Gasteiger partial charge in [0.2, 0.25) is 5.91 Å². The molecule has 0 aliphatic carbocycles. The molecule has 0 bridgehead atoms. The van der Waals surface area contributed by atoms with E-state index in [1.54, 1.807) is 12.3 Å². The third-order valence-corrected chi connectivity index (χ3v) is 7.28. The molecule has 1 aromatic heterocycles. The van der Waals surface area contributed by atoms with Crippen molar-refractivity contribution >= 4 is 63.6 Å². The van der Waals surface area contributed by atoms with E-state index in [0.717, 1.165) is 11.3 Å². The molecular formula is C24H27Cl2N5O4S. The summed E-state index contributed by atoms with van der Waals surface area (Å²) in [6.07, 6.45) is 3.04. The molecule has 2 aliphatic heterocycles. The number of methoxy groups -OCH3 is 2. The smallest absolute Gasteiger partial charge is 0.243 e. The number of thiocarbonyl (C=S) groups is 1. The van der Waals surface area contributed by atoms with Crippen LogP contribution in [0.3, 0.4) is 0 Å². The van der Waals surface area contributed by atoms with E-state index >= 15 is 0 Å². The number of anilines is 3. The summed E-state index contributed by atoms with van der Waals surface area (Å²) in [7, 11) is 3.06. The molecule has 1 saturated heterocycles. The van der Waals surface area contributed by atoms with E-state index in [0.29, 0.717) is 64.5 Å². The predicted octanol–water partition coefficient (Wildman–Crippen LogP) is 4.02. The van der Waals surface area contributed by atoms with Crippen LogP contribution in [-0.2, 0) is 16.1 Å². The highest BCUT2D eigenvalue weighted by atomic mass is 35.5. The number of fused-ring (bicyclic) bond motifs is 1. The minimum Gasteiger partial charge on any atom is -0.495 e. The van der Waals surface area contributed by atoms with Crippen molar-refractivity contribution in [2.75, 3.05) is 49.1 Å². The molecule has 0 radical (unpaired) electrons. The topological polar surface area (TPSA) is 88.2 Å². The van der Waals surface area contributed by atoms with E-state index in [4.69, 9.17) is 49.6 Å². The fraction of sp³-hybridized carbons (Fsp3) is 0.375. The summed E-state index contributed by atoms with van der Waals surface area (Å²) < 4.78 is 16.4. The monoisotopic (exact) mass is 551 g/mol. The largest absolute Gasteiger partial charge is 0.495 e. The zero-order valence-corrected chi connectivity index (χ0v) is 22.5. The number of aromatic nitrogens is 1. The highest BCUT2D eigenvalue weighted by Crippen LogP contribution is 2.48. The van der Waals surface area contributed by atoms with Crippen LogP contribution in [0.25, 0.3) is 0 Å². The molecule has 12 heteroatoms. The van der Waals surface area contributed by atoms with Crippen LogP contribution in [0.5, 0.6) is 11.5 Å². The Balaban J connectivity index is 1.65. The molecular weight excluding hydrogens is 525 g/mol. The number of ether oxygens (including phenoxy) is 3. The number of rotatable bonds is 8. The molecule has 2 N–H and O–H groups in total. The van der Waals surface area contributed by atoms with E-state index in [1.807, 2.05) is 22.8 Å². The number of nitrogens with zero attached hydrogens (tertiary/aromatic N) is 3. The quantitative estimate of drug-likeness (QED) is 0.373. The van der Waals surface area contributed by atoms with E-state index in [2.05, 4.69) is 22.2 Å². The number of halogens is 2. The van der Waals surface area contributed by atoms with Crippen molar-refractivity contribution in [1.82, 2.24) is 10.3 Å². The fourth-order valence-corrected chi connectivity index (χ4v) is 5.36. The minimum atomic E-state index is -0.246. The molecule has 9 nitrogen and oxygen atoms in total. The number of carbonyl (C=O) groups is 1. The molecule has 2 aliphatic rings. The molecule has 0 spiro atoms. The number of hydrogen-bond acceptors (Lipinski definition) is 7. The van der Waals surface area contributed by atoms with Gasteiger partial charge in [-0.05, 0) is 25.2 Å². The van der Waals surface area contributed by atoms with Crippen molar-refractivity contribution in [2.24, 2.45) is 0 Å². The molecule has 2 atom stereocenters. The van der Waals surface area contributed by atoms with Crippen LogP contribution in [0.4, 0.5) is 17.2 Å². The number of pyridine rings is 1. The van der Waals surface area contributed by atoms with Crippen molar-refractivity contribution in [3.8, 4) is 11.5 Å². The molecule has 2 aromatic rings. The molecule has 0 unspecified atom stereocenters. The van der Waals surface area contributed by atoms with Crippen molar-refractivity contribution in [3.05, 3.63) is 46.6 Å². The standard InChI is InChI=1S/C24H27Cl2N5O4S/c1-5-20(32)29-15-12-35-11-14(15)28-19-7-16-13(9-27-19)10-31(24(36)30(16)6-2)23-21(25)17(33-3)8-18(34-4)22(23)26/h5,7-9,14-15H,1,6,10-12H2,2-4H3,(H,27,28)(H,29,32)/t14-,15+/m1/s1. The van der Waals surface area contributed by atoms with Crippen LogP contribution in [0.1, 0.15) is 12.5 Å². The third-order valence-electron chi connectivity index (χ3n) is 6.11. The molecule has 1 amide bonds. The van der Waals surface area contributed by atoms with Gasteiger partial charge in [0.1, 0.15) is 27.4 Å². The summed E-state index contributed by atoms with van der Waals surface area (Å²) in [6, 6.07) is 3.26. The molecule has 4 rings (SSSR count). The number of carbonyl (C=O) groups excluding carboxylic acids is 1. The Morgan fingerprint density at radius 3 is 2.53 bits per heavy atom. The Kier molecular flexibility index (Phi) is 8.09. The van der Waals surface area contributed by atoms with Crippen LogP contribution in [-0.4, -0.2) is 62.1 Å². The Morgan fingerprint density at radius 1 is 1.25 bits per heavy atom. The van der Waals surface area contributed by atoms with Crippen molar-refractivity contribution in [2.45, 2.75) is 25.6 Å². The lowest BCUT2D eigenvalue weighted by molar-refractivity contribution is -0.117. The van der Waals surface area contributed by atoms with Crippen LogP contribution < -0.4 is 29.9 Å². The highest BCUT2D eigenvalue weighted by molar-refractivity contribution is 7.80. The summed E-state index contributed by atoms with van der Waals surface area (Å²) in [6.45, 7) is 7.37. The maximum absolute atomic E-state index is 11.8. The maximum atomic E-state index is 11.8. The van der Waals surface area contributed by atoms with Crippen LogP contribution in [0.15, 0.2) is 31.0 Å². The first-order valence-corrected chi connectivity index (χ1v) is 12.4. The average molecular weight is 552 g/mol. The lowest BCUT2D eigenvalue weighted by atomic mass is 10.1. The number of benzene rings is 1. The lowest BCUT2D eigenvalue weighted by Crippen LogP contribution is -2.47. The summed E-state index contributed by atoms with van der Waals surface area (Å²) in [5.74, 6) is 1.26. The van der Waals surface area contributed by atoms with Gasteiger partial charge in [-0.25, -0.2) is 4.98 Å². The zero-order chi connectivity index (χ0) is 26.0. The SMILES string of the molecule is C=CC(=O)N[C@H]1COC[C@H]1Nc1cc2c(cn1)CN(c1c(Cl)c(OC)cc(OC)c1Cl)C(=S)N2CC. The van der Waals surface area contributed by atoms with Gasteiger partial charge in [-0.3, -0.25) is 4.79 Å². The molecule has 0 saturated carbocycles. The second kappa shape index (κ2) is 11.1. The first-order chi connectivity index (χ1) is 17.3. The van der Waals surface area contributed by atoms with Gasteiger partial charge in [-0.15, -0.1) is 0 Å². The Hall–Kier alpha value is -2.79. The van der Waals surface area contributed by atoms with E-state index < -0.39 is 0 Å². The molecule has 1 fully saturated rings. The Morgan fingerprint density at radius 2 is 1.92 bits per heavy atom. The Labute approximate surface area is 225 Å². The summed E-state index contributed by atoms with van der Waals surface area (Å²) in [4.78, 5) is 20.2. The molecule has 3 heterocycles. The maximum Gasteiger partial charge on any atom is 0.243 e. The average Bonchev–Trinajstić information content (AvgIpc) is 3.30. The summed E-state index contributed by atoms with van der Waals surface area (Å²) in [5.41, 5.74) is 2.36. The van der Waals surface area contributed by atoms with Crippen molar-refractivity contribution in [3.63, 3.8) is 0 Å². The van der Waals surface area contributed by atoms with Crippen molar-refractivity contribution < 1.29 is 19.0 Å². The van der Waals surface area contributed by atoms with Gasteiger partial charge in [-0.1, -0.05) is 29.8 Å². The number of hydrogen-bond donors (Lipinski definition) is 2. The van der Waals surface area contributed by atoms with Gasteiger partial charge in [0.15, 0.2) is 5.11 Å². The number of nitrogens with one attached hydrogen (secondary N) is 2. The van der Waals surface area contributed by atoms with Gasteiger partial charge in [0, 0.05) is 30.4 Å². The number of amides is 1. The van der Waals surface area contributed by atoms with Gasteiger partial charge >= 0.3 is 0 Å². The van der Waals surface area contributed by atoms with Crippen LogP contribution in [0.2, 0.25) is 10.0 Å². The first kappa shape index (κ1) is 26.3. The second-order valence-corrected chi connectivity index (χ2v) is 9.30. The van der Waals surface area contributed by atoms with Crippen LogP contribution in [0, 0.1) is 0 Å². The van der Waals surface area contributed by atoms with Gasteiger partial charge in [-0.2, -0.15) is 0 Å². The van der Waals surface area contributed by atoms with Crippen molar-refractivity contribution in [1.29, 1.82) is 0 Å². The van der Waals surface area contributed by atoms with E-state index in [1.165, 1.54) is 20.3 Å². The second-order valence-electron chi connectivity index (χ2n) is 8.18. The third kappa shape index (κ3) is 4.90. The molecule has 192 valence electrons. The minimum absolute atomic E-state index is 0.136. The zero-order valence-electron chi connectivity index (χ0n) is 20.1. The molecule has 1 aromatic carbocycles. The normalized spacial score (nSPS) is 19.1. The molecule has 36 heavy (non-hydrogen) atoms. The summed E-state index contributed by atoms with van der Waals surface area (Å²) in [5, 5.41) is 7.47. The highest BCUT2D eigenvalue weighted by Gasteiger charge is 2.34. The van der Waals surface area contributed by atoms with Gasteiger partial charge in [0.25, 0.3) is 0 Å². The first-order valence-electron chi connectivity index (χ1n) is 11.3. The summed E-state index contributed by atoms with van der Waals surface area (Å²) >= 11 is 19.2. The lowest BCUT2D eigenvalue weighted by Gasteiger charge is -2.40. The van der Waals surface area contributed by atoms with Gasteiger partial charge in [0.05, 0.1) is 57.4 Å². The van der Waals surface area contributed by atoms with E-state index in [-0.39, 0.29) is 18.0 Å². The predicted molar refractivity (Wildman–Crippen MR) is 146 cm³/mol. The van der Waals surface area contributed by atoms with Crippen LogP contribution >= 0.6 is 35.4 Å². The Bertz CT molecular complexity index is 1170.